The molecule has 0 spiro atoms. The van der Waals surface area contributed by atoms with Crippen LogP contribution in [0.15, 0.2) is 18.2 Å². The Morgan fingerprint density at radius 2 is 1.59 bits per heavy atom. The molecule has 94 valence electrons. The third-order valence-corrected chi connectivity index (χ3v) is 3.09. The molecule has 0 atom stereocenters. The summed E-state index contributed by atoms with van der Waals surface area (Å²) in [6.45, 7) is 11.2. The normalized spacial score (nSPS) is 10.9. The van der Waals surface area contributed by atoms with Crippen LogP contribution in [-0.4, -0.2) is 30.3 Å². The average molecular weight is 233 g/mol. The molecule has 0 N–H and O–H groups in total. The van der Waals surface area contributed by atoms with Crippen LogP contribution in [-0.2, 0) is 0 Å². The molecule has 0 aliphatic heterocycles. The van der Waals surface area contributed by atoms with Gasteiger partial charge in [0.15, 0.2) is 5.78 Å². The first-order chi connectivity index (χ1) is 8.06. The molecule has 17 heavy (non-hydrogen) atoms. The lowest BCUT2D eigenvalue weighted by molar-refractivity contribution is 0.0966. The molecule has 0 fully saturated rings. The van der Waals surface area contributed by atoms with Crippen LogP contribution in [0.4, 0.5) is 0 Å². The monoisotopic (exact) mass is 233 g/mol. The number of rotatable bonds is 6. The maximum absolute atomic E-state index is 12.1. The summed E-state index contributed by atoms with van der Waals surface area (Å²) in [5, 5.41) is 0. The molecule has 0 bridgehead atoms. The van der Waals surface area contributed by atoms with E-state index in [9.17, 15) is 4.79 Å². The van der Waals surface area contributed by atoms with Crippen LogP contribution in [0.3, 0.4) is 0 Å². The second kappa shape index (κ2) is 6.55. The fourth-order valence-corrected chi connectivity index (χ4v) is 2.08. The van der Waals surface area contributed by atoms with Gasteiger partial charge in [-0.05, 0) is 39.1 Å². The van der Waals surface area contributed by atoms with Gasteiger partial charge in [-0.3, -0.25) is 4.79 Å². The molecule has 0 aliphatic carbocycles. The number of nitrogens with zero attached hydrogens (tertiary/aromatic N) is 1. The summed E-state index contributed by atoms with van der Waals surface area (Å²) in [6.07, 6.45) is 0.616. The lowest BCUT2D eigenvalue weighted by Gasteiger charge is -2.17. The van der Waals surface area contributed by atoms with Crippen LogP contribution < -0.4 is 0 Å². The van der Waals surface area contributed by atoms with Crippen molar-refractivity contribution in [2.24, 2.45) is 0 Å². The molecule has 2 nitrogen and oxygen atoms in total. The van der Waals surface area contributed by atoms with Crippen molar-refractivity contribution in [3.05, 3.63) is 34.9 Å². The van der Waals surface area contributed by atoms with Crippen LogP contribution in [0.1, 0.15) is 41.8 Å². The first kappa shape index (κ1) is 13.9. The van der Waals surface area contributed by atoms with Crippen molar-refractivity contribution in [3.63, 3.8) is 0 Å². The largest absolute Gasteiger partial charge is 0.303 e. The molecule has 0 aromatic heterocycles. The standard InChI is InChI=1S/C15H23NO/c1-5-16(6-2)8-7-15(17)14-10-12(3)9-13(4)11-14/h9-11H,5-8H2,1-4H3. The Labute approximate surface area is 105 Å². The molecule has 1 aromatic carbocycles. The molecule has 0 radical (unpaired) electrons. The van der Waals surface area contributed by atoms with E-state index in [2.05, 4.69) is 24.8 Å². The minimum Gasteiger partial charge on any atom is -0.303 e. The van der Waals surface area contributed by atoms with E-state index < -0.39 is 0 Å². The zero-order valence-electron chi connectivity index (χ0n) is 11.4. The highest BCUT2D eigenvalue weighted by Crippen LogP contribution is 2.11. The first-order valence-electron chi connectivity index (χ1n) is 6.40. The van der Waals surface area contributed by atoms with Crippen molar-refractivity contribution >= 4 is 5.78 Å². The molecule has 0 amide bonds. The maximum Gasteiger partial charge on any atom is 0.164 e. The summed E-state index contributed by atoms with van der Waals surface area (Å²) in [6, 6.07) is 6.07. The summed E-state index contributed by atoms with van der Waals surface area (Å²) in [5.74, 6) is 0.253. The number of hydrogen-bond acceptors (Lipinski definition) is 2. The number of ketones is 1. The van der Waals surface area contributed by atoms with Gasteiger partial charge in [-0.1, -0.05) is 31.0 Å². The number of carbonyl (C=O) groups is 1. The molecule has 2 heteroatoms. The van der Waals surface area contributed by atoms with E-state index in [0.29, 0.717) is 6.42 Å². The zero-order chi connectivity index (χ0) is 12.8. The molecule has 1 aromatic rings. The molecular formula is C15H23NO. The highest BCUT2D eigenvalue weighted by Gasteiger charge is 2.08. The predicted molar refractivity (Wildman–Crippen MR) is 72.7 cm³/mol. The van der Waals surface area contributed by atoms with E-state index in [1.165, 1.54) is 0 Å². The van der Waals surface area contributed by atoms with Crippen LogP contribution in [0, 0.1) is 13.8 Å². The molecule has 0 saturated carbocycles. The van der Waals surface area contributed by atoms with Gasteiger partial charge >= 0.3 is 0 Å². The van der Waals surface area contributed by atoms with Gasteiger partial charge in [0, 0.05) is 18.5 Å². The van der Waals surface area contributed by atoms with Crippen molar-refractivity contribution in [1.82, 2.24) is 4.90 Å². The predicted octanol–water partition coefficient (Wildman–Crippen LogP) is 3.22. The van der Waals surface area contributed by atoms with E-state index in [-0.39, 0.29) is 5.78 Å². The van der Waals surface area contributed by atoms with Crippen LogP contribution >= 0.6 is 0 Å². The minimum atomic E-state index is 0.253. The number of benzene rings is 1. The fraction of sp³-hybridized carbons (Fsp3) is 0.533. The summed E-state index contributed by atoms with van der Waals surface area (Å²) >= 11 is 0. The Morgan fingerprint density at radius 1 is 1.06 bits per heavy atom. The Balaban J connectivity index is 2.63. The summed E-state index contributed by atoms with van der Waals surface area (Å²) in [7, 11) is 0. The number of carbonyl (C=O) groups excluding carboxylic acids is 1. The second-order valence-corrected chi connectivity index (χ2v) is 4.58. The molecule has 0 heterocycles. The van der Waals surface area contributed by atoms with Crippen molar-refractivity contribution in [3.8, 4) is 0 Å². The van der Waals surface area contributed by atoms with Gasteiger partial charge in [-0.15, -0.1) is 0 Å². The molecule has 0 saturated heterocycles. The zero-order valence-corrected chi connectivity index (χ0v) is 11.4. The third-order valence-electron chi connectivity index (χ3n) is 3.09. The summed E-state index contributed by atoms with van der Waals surface area (Å²) < 4.78 is 0. The Kier molecular flexibility index (Phi) is 5.36. The molecule has 1 rings (SSSR count). The van der Waals surface area contributed by atoms with Gasteiger partial charge in [-0.2, -0.15) is 0 Å². The second-order valence-electron chi connectivity index (χ2n) is 4.58. The highest BCUT2D eigenvalue weighted by molar-refractivity contribution is 5.96. The quantitative estimate of drug-likeness (QED) is 0.703. The summed E-state index contributed by atoms with van der Waals surface area (Å²) in [4.78, 5) is 14.3. The van der Waals surface area contributed by atoms with Gasteiger partial charge in [-0.25, -0.2) is 0 Å². The Morgan fingerprint density at radius 3 is 2.06 bits per heavy atom. The van der Waals surface area contributed by atoms with Gasteiger partial charge in [0.25, 0.3) is 0 Å². The highest BCUT2D eigenvalue weighted by atomic mass is 16.1. The van der Waals surface area contributed by atoms with Crippen LogP contribution in [0.5, 0.6) is 0 Å². The number of Topliss-reactive ketones (excluding diaryl/α,β-unsaturated/α-hetero) is 1. The average Bonchev–Trinajstić information content (AvgIpc) is 2.28. The topological polar surface area (TPSA) is 20.3 Å². The third kappa shape index (κ3) is 4.31. The van der Waals surface area contributed by atoms with Crippen molar-refractivity contribution < 1.29 is 4.79 Å². The smallest absolute Gasteiger partial charge is 0.164 e. The lowest BCUT2D eigenvalue weighted by Crippen LogP contribution is -2.25. The number of hydrogen-bond donors (Lipinski definition) is 0. The minimum absolute atomic E-state index is 0.253. The fourth-order valence-electron chi connectivity index (χ4n) is 2.08. The maximum atomic E-state index is 12.1. The van der Waals surface area contributed by atoms with Crippen molar-refractivity contribution in [2.45, 2.75) is 34.1 Å². The Hall–Kier alpha value is -1.15. The van der Waals surface area contributed by atoms with Crippen molar-refractivity contribution in [1.29, 1.82) is 0 Å². The number of aryl methyl sites for hydroxylation is 2. The van der Waals surface area contributed by atoms with Crippen LogP contribution in [0.2, 0.25) is 0 Å². The van der Waals surface area contributed by atoms with Crippen molar-refractivity contribution in [2.75, 3.05) is 19.6 Å². The van der Waals surface area contributed by atoms with Crippen LogP contribution in [0.25, 0.3) is 0 Å². The van der Waals surface area contributed by atoms with E-state index >= 15 is 0 Å². The Bertz CT molecular complexity index is 360. The molecule has 0 aliphatic rings. The lowest BCUT2D eigenvalue weighted by atomic mass is 10.0. The molecular weight excluding hydrogens is 210 g/mol. The van der Waals surface area contributed by atoms with Gasteiger partial charge in [0.1, 0.15) is 0 Å². The summed E-state index contributed by atoms with van der Waals surface area (Å²) in [5.41, 5.74) is 3.18. The van der Waals surface area contributed by atoms with E-state index in [0.717, 1.165) is 36.3 Å². The van der Waals surface area contributed by atoms with E-state index in [1.807, 2.05) is 26.0 Å². The van der Waals surface area contributed by atoms with E-state index in [4.69, 9.17) is 0 Å². The molecule has 0 unspecified atom stereocenters. The van der Waals surface area contributed by atoms with Gasteiger partial charge < -0.3 is 4.90 Å². The first-order valence-corrected chi connectivity index (χ1v) is 6.40. The van der Waals surface area contributed by atoms with Gasteiger partial charge in [0.05, 0.1) is 0 Å². The van der Waals surface area contributed by atoms with E-state index in [1.54, 1.807) is 0 Å². The SMILES string of the molecule is CCN(CC)CCC(=O)c1cc(C)cc(C)c1. The van der Waals surface area contributed by atoms with Gasteiger partial charge in [0.2, 0.25) is 0 Å².